The molecule has 1 N–H and O–H groups in total. The maximum Gasteiger partial charge on any atom is 0.178 e. The van der Waals surface area contributed by atoms with E-state index in [1.54, 1.807) is 18.2 Å². The third-order valence-corrected chi connectivity index (χ3v) is 3.43. The standard InChI is InChI=1S/C13H15Cl2N3O/c1-8-11(7-17(2)3)18(19)13(16-8)12-9(14)5-4-6-10(12)15/h4-6,19H,7H2,1-3H3. The fraction of sp³-hybridized carbons (Fsp3) is 0.308. The van der Waals surface area contributed by atoms with Crippen molar-refractivity contribution in [1.29, 1.82) is 0 Å². The van der Waals surface area contributed by atoms with Crippen molar-refractivity contribution < 1.29 is 5.21 Å². The van der Waals surface area contributed by atoms with E-state index in [1.807, 2.05) is 25.9 Å². The van der Waals surface area contributed by atoms with Crippen molar-refractivity contribution >= 4 is 23.2 Å². The van der Waals surface area contributed by atoms with Crippen LogP contribution in [0.25, 0.3) is 11.4 Å². The lowest BCUT2D eigenvalue weighted by atomic mass is 10.2. The minimum atomic E-state index is 0.366. The van der Waals surface area contributed by atoms with Crippen LogP contribution in [0.4, 0.5) is 0 Å². The van der Waals surface area contributed by atoms with E-state index in [-0.39, 0.29) is 0 Å². The topological polar surface area (TPSA) is 41.3 Å². The van der Waals surface area contributed by atoms with Gasteiger partial charge in [-0.3, -0.25) is 0 Å². The molecule has 0 fully saturated rings. The molecule has 0 atom stereocenters. The van der Waals surface area contributed by atoms with Gasteiger partial charge in [0.05, 0.1) is 27.0 Å². The van der Waals surface area contributed by atoms with Gasteiger partial charge in [0.15, 0.2) is 5.82 Å². The smallest absolute Gasteiger partial charge is 0.178 e. The number of rotatable bonds is 3. The number of aromatic nitrogens is 2. The average Bonchev–Trinajstić information content (AvgIpc) is 2.57. The Morgan fingerprint density at radius 2 is 1.84 bits per heavy atom. The van der Waals surface area contributed by atoms with Gasteiger partial charge in [-0.1, -0.05) is 29.3 Å². The van der Waals surface area contributed by atoms with E-state index in [1.165, 1.54) is 0 Å². The molecule has 0 bridgehead atoms. The van der Waals surface area contributed by atoms with Crippen LogP contribution in [0.5, 0.6) is 0 Å². The third kappa shape index (κ3) is 2.71. The van der Waals surface area contributed by atoms with Crippen molar-refractivity contribution in [3.8, 4) is 11.4 Å². The minimum Gasteiger partial charge on any atom is -0.427 e. The molecular weight excluding hydrogens is 285 g/mol. The Hall–Kier alpha value is -1.23. The molecule has 0 radical (unpaired) electrons. The molecule has 102 valence electrons. The number of hydrogen-bond donors (Lipinski definition) is 1. The normalized spacial score (nSPS) is 11.3. The summed E-state index contributed by atoms with van der Waals surface area (Å²) < 4.78 is 1.06. The van der Waals surface area contributed by atoms with E-state index in [0.29, 0.717) is 28.0 Å². The highest BCUT2D eigenvalue weighted by molar-refractivity contribution is 6.38. The Morgan fingerprint density at radius 3 is 2.37 bits per heavy atom. The summed E-state index contributed by atoms with van der Waals surface area (Å²) in [5, 5.41) is 11.2. The molecule has 0 amide bonds. The van der Waals surface area contributed by atoms with Crippen molar-refractivity contribution in [1.82, 2.24) is 14.6 Å². The molecule has 0 aliphatic carbocycles. The van der Waals surface area contributed by atoms with Crippen molar-refractivity contribution in [2.24, 2.45) is 0 Å². The monoisotopic (exact) mass is 299 g/mol. The van der Waals surface area contributed by atoms with E-state index < -0.39 is 0 Å². The van der Waals surface area contributed by atoms with Crippen LogP contribution in [0.15, 0.2) is 18.2 Å². The van der Waals surface area contributed by atoms with Crippen molar-refractivity contribution in [3.05, 3.63) is 39.6 Å². The lowest BCUT2D eigenvalue weighted by molar-refractivity contribution is 0.172. The Labute approximate surface area is 122 Å². The highest BCUT2D eigenvalue weighted by atomic mass is 35.5. The molecule has 0 unspecified atom stereocenters. The highest BCUT2D eigenvalue weighted by Gasteiger charge is 2.19. The SMILES string of the molecule is Cc1nc(-c2c(Cl)cccc2Cl)n(O)c1CN(C)C. The maximum absolute atomic E-state index is 10.3. The zero-order valence-corrected chi connectivity index (χ0v) is 12.5. The number of halogens is 2. The zero-order chi connectivity index (χ0) is 14.2. The largest absolute Gasteiger partial charge is 0.427 e. The van der Waals surface area contributed by atoms with Gasteiger partial charge in [-0.25, -0.2) is 4.98 Å². The number of benzene rings is 1. The molecule has 0 aliphatic heterocycles. The van der Waals surface area contributed by atoms with Gasteiger partial charge in [0.1, 0.15) is 0 Å². The summed E-state index contributed by atoms with van der Waals surface area (Å²) in [6.45, 7) is 2.43. The van der Waals surface area contributed by atoms with Crippen molar-refractivity contribution in [2.45, 2.75) is 13.5 Å². The number of aryl methyl sites for hydroxylation is 1. The molecule has 0 saturated heterocycles. The summed E-state index contributed by atoms with van der Waals surface area (Å²) in [6, 6.07) is 5.20. The van der Waals surface area contributed by atoms with Gasteiger partial charge < -0.3 is 10.1 Å². The Kier molecular flexibility index (Phi) is 4.04. The predicted octanol–water partition coefficient (Wildman–Crippen LogP) is 3.46. The van der Waals surface area contributed by atoms with Gasteiger partial charge in [-0.15, -0.1) is 0 Å². The Balaban J connectivity index is 2.58. The zero-order valence-electron chi connectivity index (χ0n) is 11.0. The quantitative estimate of drug-likeness (QED) is 0.883. The van der Waals surface area contributed by atoms with Crippen LogP contribution in [-0.4, -0.2) is 33.9 Å². The van der Waals surface area contributed by atoms with Crippen LogP contribution in [0.2, 0.25) is 10.0 Å². The average molecular weight is 300 g/mol. The predicted molar refractivity (Wildman–Crippen MR) is 77.0 cm³/mol. The van der Waals surface area contributed by atoms with Crippen LogP contribution in [0.3, 0.4) is 0 Å². The summed E-state index contributed by atoms with van der Waals surface area (Å²) in [6.07, 6.45) is 0. The fourth-order valence-electron chi connectivity index (χ4n) is 1.91. The number of hydrogen-bond acceptors (Lipinski definition) is 3. The molecule has 2 aromatic rings. The molecule has 1 heterocycles. The molecule has 4 nitrogen and oxygen atoms in total. The summed E-state index contributed by atoms with van der Waals surface area (Å²) in [5.74, 6) is 0.366. The molecule has 0 aliphatic rings. The molecule has 0 saturated carbocycles. The van der Waals surface area contributed by atoms with Crippen molar-refractivity contribution in [2.75, 3.05) is 14.1 Å². The molecule has 19 heavy (non-hydrogen) atoms. The van der Waals surface area contributed by atoms with E-state index >= 15 is 0 Å². The number of nitrogens with zero attached hydrogens (tertiary/aromatic N) is 3. The summed E-state index contributed by atoms with van der Waals surface area (Å²) in [7, 11) is 3.85. The van der Waals surface area contributed by atoms with Gasteiger partial charge in [-0.05, 0) is 33.2 Å². The van der Waals surface area contributed by atoms with E-state index in [2.05, 4.69) is 4.98 Å². The van der Waals surface area contributed by atoms with Crippen LogP contribution >= 0.6 is 23.2 Å². The first-order valence-corrected chi connectivity index (χ1v) is 6.54. The van der Waals surface area contributed by atoms with Gasteiger partial charge >= 0.3 is 0 Å². The first-order chi connectivity index (χ1) is 8.91. The van der Waals surface area contributed by atoms with Crippen LogP contribution in [0, 0.1) is 6.92 Å². The van der Waals surface area contributed by atoms with Crippen LogP contribution in [-0.2, 0) is 6.54 Å². The lowest BCUT2D eigenvalue weighted by Crippen LogP contribution is -2.15. The van der Waals surface area contributed by atoms with Crippen LogP contribution < -0.4 is 0 Å². The van der Waals surface area contributed by atoms with Crippen molar-refractivity contribution in [3.63, 3.8) is 0 Å². The molecule has 1 aromatic heterocycles. The second-order valence-electron chi connectivity index (χ2n) is 4.61. The molecular formula is C13H15Cl2N3O. The molecule has 0 spiro atoms. The first kappa shape index (κ1) is 14.2. The molecule has 1 aromatic carbocycles. The second-order valence-corrected chi connectivity index (χ2v) is 5.43. The molecule has 2 rings (SSSR count). The summed E-state index contributed by atoms with van der Waals surface area (Å²) >= 11 is 12.3. The Morgan fingerprint density at radius 1 is 1.26 bits per heavy atom. The summed E-state index contributed by atoms with van der Waals surface area (Å²) in [4.78, 5) is 6.33. The maximum atomic E-state index is 10.3. The second kappa shape index (κ2) is 5.41. The van der Waals surface area contributed by atoms with Gasteiger partial charge in [0.2, 0.25) is 0 Å². The fourth-order valence-corrected chi connectivity index (χ4v) is 2.47. The van der Waals surface area contributed by atoms with E-state index in [9.17, 15) is 5.21 Å². The lowest BCUT2D eigenvalue weighted by Gasteiger charge is -2.11. The van der Waals surface area contributed by atoms with E-state index in [0.717, 1.165) is 16.1 Å². The van der Waals surface area contributed by atoms with E-state index in [4.69, 9.17) is 23.2 Å². The summed E-state index contributed by atoms with van der Waals surface area (Å²) in [5.41, 5.74) is 2.01. The Bertz CT molecular complexity index is 588. The third-order valence-electron chi connectivity index (χ3n) is 2.80. The molecule has 6 heteroatoms. The minimum absolute atomic E-state index is 0.366. The number of imidazole rings is 1. The first-order valence-electron chi connectivity index (χ1n) is 5.78. The van der Waals surface area contributed by atoms with Gasteiger partial charge in [-0.2, -0.15) is 4.73 Å². The van der Waals surface area contributed by atoms with Gasteiger partial charge in [0.25, 0.3) is 0 Å². The van der Waals surface area contributed by atoms with Crippen LogP contribution in [0.1, 0.15) is 11.4 Å². The highest BCUT2D eigenvalue weighted by Crippen LogP contribution is 2.34. The van der Waals surface area contributed by atoms with Gasteiger partial charge in [0, 0.05) is 6.54 Å².